The number of hydrogen-bond acceptors (Lipinski definition) is 7. The summed E-state index contributed by atoms with van der Waals surface area (Å²) in [5, 5.41) is 3.00. The molecule has 5 rings (SSSR count). The van der Waals surface area contributed by atoms with Crippen molar-refractivity contribution < 1.29 is 33.2 Å². The molecule has 1 aliphatic heterocycles. The number of rotatable bonds is 15. The Balaban J connectivity index is 1.40. The van der Waals surface area contributed by atoms with E-state index in [9.17, 15) is 4.79 Å². The van der Waals surface area contributed by atoms with E-state index < -0.39 is 36.7 Å². The van der Waals surface area contributed by atoms with E-state index in [0.29, 0.717) is 19.8 Å². The first-order valence-electron chi connectivity index (χ1n) is 15.8. The fourth-order valence-corrected chi connectivity index (χ4v) is 5.28. The summed E-state index contributed by atoms with van der Waals surface area (Å²) in [5.74, 6) is 0. The molecule has 1 saturated heterocycles. The van der Waals surface area contributed by atoms with Crippen LogP contribution in [0.5, 0.6) is 0 Å². The first kappa shape index (κ1) is 33.3. The molecule has 8 nitrogen and oxygen atoms in total. The molecule has 1 amide bonds. The zero-order valence-corrected chi connectivity index (χ0v) is 26.4. The van der Waals surface area contributed by atoms with Gasteiger partial charge in [0.25, 0.3) is 0 Å². The van der Waals surface area contributed by atoms with Gasteiger partial charge in [0.15, 0.2) is 6.29 Å². The van der Waals surface area contributed by atoms with Crippen LogP contribution in [0.3, 0.4) is 0 Å². The molecule has 1 heterocycles. The Bertz CT molecular complexity index is 1420. The molecule has 1 N–H and O–H groups in total. The van der Waals surface area contributed by atoms with Crippen molar-refractivity contribution >= 4 is 6.09 Å². The van der Waals surface area contributed by atoms with Crippen molar-refractivity contribution in [2.45, 2.75) is 77.0 Å². The normalized spacial score (nSPS) is 21.2. The molecule has 1 fully saturated rings. The Kier molecular flexibility index (Phi) is 12.7. The summed E-state index contributed by atoms with van der Waals surface area (Å²) in [4.78, 5) is 13.3. The Morgan fingerprint density at radius 1 is 0.652 bits per heavy atom. The lowest BCUT2D eigenvalue weighted by Crippen LogP contribution is -2.66. The summed E-state index contributed by atoms with van der Waals surface area (Å²) in [6.07, 6.45) is -3.51. The minimum atomic E-state index is -0.855. The summed E-state index contributed by atoms with van der Waals surface area (Å²) in [7, 11) is 0. The van der Waals surface area contributed by atoms with Gasteiger partial charge in [-0.25, -0.2) is 4.79 Å². The van der Waals surface area contributed by atoms with E-state index in [4.69, 9.17) is 28.4 Å². The molecule has 1 aliphatic rings. The number of hydrogen-bond donors (Lipinski definition) is 1. The molecule has 242 valence electrons. The van der Waals surface area contributed by atoms with E-state index >= 15 is 0 Å². The number of carbonyl (C=O) groups is 1. The zero-order valence-electron chi connectivity index (χ0n) is 26.4. The van der Waals surface area contributed by atoms with Crippen molar-refractivity contribution in [2.75, 3.05) is 6.61 Å². The van der Waals surface area contributed by atoms with Gasteiger partial charge in [0.05, 0.1) is 32.5 Å². The molecule has 0 aliphatic carbocycles. The fourth-order valence-electron chi connectivity index (χ4n) is 5.28. The van der Waals surface area contributed by atoms with Crippen LogP contribution in [-0.2, 0) is 54.8 Å². The predicted molar refractivity (Wildman–Crippen MR) is 175 cm³/mol. The molecule has 0 bridgehead atoms. The third-order valence-electron chi connectivity index (χ3n) is 7.51. The van der Waals surface area contributed by atoms with Gasteiger partial charge in [-0.15, -0.1) is 0 Å². The predicted octanol–water partition coefficient (Wildman–Crippen LogP) is 6.82. The van der Waals surface area contributed by atoms with Gasteiger partial charge in [0.2, 0.25) is 0 Å². The highest BCUT2D eigenvalue weighted by Gasteiger charge is 2.49. The lowest BCUT2D eigenvalue weighted by atomic mass is 9.96. The molecule has 0 saturated carbocycles. The first-order chi connectivity index (χ1) is 22.5. The second-order valence-corrected chi connectivity index (χ2v) is 11.5. The van der Waals surface area contributed by atoms with E-state index in [1.807, 2.05) is 135 Å². The fraction of sp³-hybridized carbons (Fsp3) is 0.342. The topological polar surface area (TPSA) is 84.5 Å². The van der Waals surface area contributed by atoms with E-state index in [1.165, 1.54) is 0 Å². The quantitative estimate of drug-likeness (QED) is 0.155. The van der Waals surface area contributed by atoms with Gasteiger partial charge in [0.1, 0.15) is 31.0 Å². The molecule has 5 atom stereocenters. The molecular formula is C38H43NO7. The first-order valence-corrected chi connectivity index (χ1v) is 15.8. The Morgan fingerprint density at radius 3 is 1.61 bits per heavy atom. The summed E-state index contributed by atoms with van der Waals surface area (Å²) >= 11 is 0. The molecule has 0 radical (unpaired) electrons. The van der Waals surface area contributed by atoms with E-state index in [2.05, 4.69) is 5.32 Å². The minimum absolute atomic E-state index is 0.120. The van der Waals surface area contributed by atoms with Crippen LogP contribution in [0.15, 0.2) is 121 Å². The number of alkyl carbamates (subject to hydrolysis) is 1. The summed E-state index contributed by atoms with van der Waals surface area (Å²) in [6.45, 7) is 5.21. The highest BCUT2D eigenvalue weighted by molar-refractivity contribution is 5.67. The highest BCUT2D eigenvalue weighted by atomic mass is 16.7. The second-order valence-electron chi connectivity index (χ2n) is 11.5. The minimum Gasteiger partial charge on any atom is -0.445 e. The van der Waals surface area contributed by atoms with Crippen LogP contribution < -0.4 is 5.32 Å². The van der Waals surface area contributed by atoms with Crippen molar-refractivity contribution in [3.8, 4) is 0 Å². The van der Waals surface area contributed by atoms with Gasteiger partial charge < -0.3 is 33.7 Å². The van der Waals surface area contributed by atoms with Crippen LogP contribution in [0.25, 0.3) is 0 Å². The molecule has 4 aromatic carbocycles. The van der Waals surface area contributed by atoms with Crippen molar-refractivity contribution in [1.82, 2.24) is 5.32 Å². The van der Waals surface area contributed by atoms with Gasteiger partial charge in [-0.1, -0.05) is 121 Å². The number of nitrogens with one attached hydrogen (secondary N) is 1. The molecule has 8 heteroatoms. The van der Waals surface area contributed by atoms with Crippen molar-refractivity contribution in [3.63, 3.8) is 0 Å². The molecular weight excluding hydrogens is 582 g/mol. The number of ether oxygens (including phenoxy) is 6. The van der Waals surface area contributed by atoms with Crippen molar-refractivity contribution in [3.05, 3.63) is 144 Å². The molecule has 0 spiro atoms. The Hall–Kier alpha value is -4.05. The van der Waals surface area contributed by atoms with Gasteiger partial charge in [-0.2, -0.15) is 0 Å². The van der Waals surface area contributed by atoms with Crippen LogP contribution in [0, 0.1) is 0 Å². The number of amides is 1. The summed E-state index contributed by atoms with van der Waals surface area (Å²) < 4.78 is 37.9. The summed E-state index contributed by atoms with van der Waals surface area (Å²) in [5.41, 5.74) is 3.91. The standard InChI is InChI=1S/C38H43NO7/c1-28(2)45-37-34(39-38(40)44-26-32-21-13-6-14-22-32)36(43-25-31-19-11-5-12-20-31)35(42-24-30-17-9-4-10-18-30)33(46-37)27-41-23-29-15-7-3-8-16-29/h3-22,28,33-37H,23-27H2,1-2H3,(H,39,40)/t33-,34-,35-,36-,37+/m1/s1. The van der Waals surface area contributed by atoms with Gasteiger partial charge in [-0.05, 0) is 36.1 Å². The maximum atomic E-state index is 13.3. The van der Waals surface area contributed by atoms with Crippen molar-refractivity contribution in [2.24, 2.45) is 0 Å². The van der Waals surface area contributed by atoms with Crippen LogP contribution in [-0.4, -0.2) is 49.4 Å². The Labute approximate surface area is 271 Å². The largest absolute Gasteiger partial charge is 0.445 e. The lowest BCUT2D eigenvalue weighted by Gasteiger charge is -2.46. The Morgan fingerprint density at radius 2 is 1.11 bits per heavy atom. The maximum absolute atomic E-state index is 13.3. The third-order valence-corrected chi connectivity index (χ3v) is 7.51. The van der Waals surface area contributed by atoms with E-state index in [1.54, 1.807) is 0 Å². The molecule has 4 aromatic rings. The van der Waals surface area contributed by atoms with Crippen LogP contribution in [0.4, 0.5) is 4.79 Å². The average molecular weight is 626 g/mol. The highest BCUT2D eigenvalue weighted by Crippen LogP contribution is 2.30. The van der Waals surface area contributed by atoms with Crippen LogP contribution >= 0.6 is 0 Å². The van der Waals surface area contributed by atoms with Crippen LogP contribution in [0.2, 0.25) is 0 Å². The second kappa shape index (κ2) is 17.6. The van der Waals surface area contributed by atoms with Gasteiger partial charge in [0, 0.05) is 0 Å². The zero-order chi connectivity index (χ0) is 32.0. The van der Waals surface area contributed by atoms with Crippen molar-refractivity contribution in [1.29, 1.82) is 0 Å². The maximum Gasteiger partial charge on any atom is 0.407 e. The SMILES string of the molecule is CC(C)O[C@H]1O[C@H](COCc2ccccc2)[C@@H](OCc2ccccc2)[C@H](OCc2ccccc2)[C@H]1NC(=O)OCc1ccccc1. The van der Waals surface area contributed by atoms with Crippen LogP contribution in [0.1, 0.15) is 36.1 Å². The van der Waals surface area contributed by atoms with Gasteiger partial charge >= 0.3 is 6.09 Å². The monoisotopic (exact) mass is 625 g/mol. The summed E-state index contributed by atoms with van der Waals surface area (Å²) in [6, 6.07) is 38.6. The molecule has 0 unspecified atom stereocenters. The number of benzene rings is 4. The van der Waals surface area contributed by atoms with E-state index in [-0.39, 0.29) is 19.3 Å². The smallest absolute Gasteiger partial charge is 0.407 e. The lowest BCUT2D eigenvalue weighted by molar-refractivity contribution is -0.297. The molecule has 0 aromatic heterocycles. The average Bonchev–Trinajstić information content (AvgIpc) is 3.08. The van der Waals surface area contributed by atoms with E-state index in [0.717, 1.165) is 22.3 Å². The molecule has 46 heavy (non-hydrogen) atoms. The van der Waals surface area contributed by atoms with Gasteiger partial charge in [-0.3, -0.25) is 0 Å². The third kappa shape index (κ3) is 10.2. The number of carbonyl (C=O) groups excluding carboxylic acids is 1.